The van der Waals surface area contributed by atoms with E-state index < -0.39 is 5.91 Å². The lowest BCUT2D eigenvalue weighted by molar-refractivity contribution is -0.131. The van der Waals surface area contributed by atoms with Crippen molar-refractivity contribution < 1.29 is 24.2 Å². The van der Waals surface area contributed by atoms with Gasteiger partial charge in [-0.1, -0.05) is 35.9 Å². The Morgan fingerprint density at radius 3 is 2.36 bits per heavy atom. The maximum atomic E-state index is 12.5. The number of hydrogen-bond donors (Lipinski definition) is 4. The van der Waals surface area contributed by atoms with Gasteiger partial charge in [0.25, 0.3) is 0 Å². The molecule has 2 amide bonds. The van der Waals surface area contributed by atoms with E-state index in [1.54, 1.807) is 12.1 Å². The van der Waals surface area contributed by atoms with Crippen molar-refractivity contribution in [3.05, 3.63) is 59.7 Å². The topological polar surface area (TPSA) is 117 Å². The lowest BCUT2D eigenvalue weighted by Gasteiger charge is -2.18. The van der Waals surface area contributed by atoms with Gasteiger partial charge in [-0.2, -0.15) is 0 Å². The van der Waals surface area contributed by atoms with Crippen LogP contribution in [0.1, 0.15) is 43.7 Å². The van der Waals surface area contributed by atoms with Gasteiger partial charge in [-0.25, -0.2) is 0 Å². The highest BCUT2D eigenvalue weighted by atomic mass is 16.5. The molecule has 8 heteroatoms. The fourth-order valence-corrected chi connectivity index (χ4v) is 4.02. The van der Waals surface area contributed by atoms with Gasteiger partial charge in [0.2, 0.25) is 11.8 Å². The van der Waals surface area contributed by atoms with Gasteiger partial charge >= 0.3 is 0 Å². The molecule has 4 N–H and O–H groups in total. The van der Waals surface area contributed by atoms with E-state index in [0.29, 0.717) is 24.8 Å². The van der Waals surface area contributed by atoms with Crippen LogP contribution in [0.4, 0.5) is 0 Å². The minimum atomic E-state index is -0.409. The second-order valence-electron chi connectivity index (χ2n) is 9.49. The van der Waals surface area contributed by atoms with Crippen molar-refractivity contribution in [2.45, 2.75) is 58.0 Å². The lowest BCUT2D eigenvalue weighted by Crippen LogP contribution is -2.44. The Bertz CT molecular complexity index is 999. The van der Waals surface area contributed by atoms with E-state index >= 15 is 0 Å². The number of aromatic hydroxyl groups is 1. The van der Waals surface area contributed by atoms with E-state index in [4.69, 9.17) is 9.84 Å². The molecular formula is C28H37N3O5. The molecule has 1 saturated carbocycles. The van der Waals surface area contributed by atoms with Crippen molar-refractivity contribution in [1.82, 2.24) is 16.0 Å². The molecule has 2 unspecified atom stereocenters. The second kappa shape index (κ2) is 13.6. The minimum Gasteiger partial charge on any atom is -0.508 e. The summed E-state index contributed by atoms with van der Waals surface area (Å²) < 4.78 is 5.93. The molecule has 1 aliphatic heterocycles. The maximum absolute atomic E-state index is 12.5. The third-order valence-corrected chi connectivity index (χ3v) is 6.21. The SMILES string of the molecule is CC1CCc2ccccc2OCCNC(C2CC2)C(=O)CC(=O)NCC(=O)N1.Cc1ccc(O)cc1. The highest BCUT2D eigenvalue weighted by Crippen LogP contribution is 2.33. The quantitative estimate of drug-likeness (QED) is 0.452. The van der Waals surface area contributed by atoms with E-state index in [0.717, 1.165) is 37.0 Å². The van der Waals surface area contributed by atoms with E-state index in [-0.39, 0.29) is 36.7 Å². The van der Waals surface area contributed by atoms with Crippen molar-refractivity contribution >= 4 is 17.6 Å². The van der Waals surface area contributed by atoms with Crippen LogP contribution in [-0.2, 0) is 20.8 Å². The van der Waals surface area contributed by atoms with Gasteiger partial charge in [0.15, 0.2) is 5.78 Å². The molecular weight excluding hydrogens is 458 g/mol. The monoisotopic (exact) mass is 495 g/mol. The first kappa shape index (κ1) is 27.2. The summed E-state index contributed by atoms with van der Waals surface area (Å²) in [6, 6.07) is 14.6. The summed E-state index contributed by atoms with van der Waals surface area (Å²) in [4.78, 5) is 36.6. The summed E-state index contributed by atoms with van der Waals surface area (Å²) in [6.45, 7) is 4.80. The molecule has 0 spiro atoms. The summed E-state index contributed by atoms with van der Waals surface area (Å²) >= 11 is 0. The Kier molecular flexibility index (Phi) is 10.3. The number of nitrogens with one attached hydrogen (secondary N) is 3. The molecule has 0 saturated heterocycles. The van der Waals surface area contributed by atoms with Crippen molar-refractivity contribution in [2.75, 3.05) is 19.7 Å². The highest BCUT2D eigenvalue weighted by Gasteiger charge is 2.36. The molecule has 1 aliphatic carbocycles. The zero-order valence-corrected chi connectivity index (χ0v) is 21.1. The molecule has 2 aliphatic rings. The Balaban J connectivity index is 0.000000383. The van der Waals surface area contributed by atoms with Crippen LogP contribution in [0.5, 0.6) is 11.5 Å². The summed E-state index contributed by atoms with van der Waals surface area (Å²) in [5.74, 6) is 0.665. The fourth-order valence-electron chi connectivity index (χ4n) is 4.02. The Morgan fingerprint density at radius 1 is 0.944 bits per heavy atom. The van der Waals surface area contributed by atoms with Gasteiger partial charge in [0.05, 0.1) is 19.0 Å². The summed E-state index contributed by atoms with van der Waals surface area (Å²) in [6.07, 6.45) is 3.33. The number of fused-ring (bicyclic) bond motifs is 1. The Morgan fingerprint density at radius 2 is 1.67 bits per heavy atom. The molecule has 4 rings (SSSR count). The number of phenolic OH excluding ortho intramolecular Hbond substituents is 1. The highest BCUT2D eigenvalue weighted by molar-refractivity contribution is 6.01. The average Bonchev–Trinajstić information content (AvgIpc) is 3.69. The molecule has 8 nitrogen and oxygen atoms in total. The number of phenols is 1. The summed E-state index contributed by atoms with van der Waals surface area (Å²) in [7, 11) is 0. The van der Waals surface area contributed by atoms with Crippen molar-refractivity contribution in [3.8, 4) is 11.5 Å². The first-order valence-corrected chi connectivity index (χ1v) is 12.6. The number of carbonyl (C=O) groups is 3. The number of amides is 2. The number of carbonyl (C=O) groups excluding carboxylic acids is 3. The number of para-hydroxylation sites is 1. The number of ether oxygens (including phenoxy) is 1. The van der Waals surface area contributed by atoms with E-state index in [1.165, 1.54) is 5.56 Å². The van der Waals surface area contributed by atoms with E-state index in [1.807, 2.05) is 50.2 Å². The minimum absolute atomic E-state index is 0.0318. The van der Waals surface area contributed by atoms with Gasteiger partial charge in [0.1, 0.15) is 18.1 Å². The Hall–Kier alpha value is -3.39. The van der Waals surface area contributed by atoms with Crippen LogP contribution in [-0.4, -0.2) is 54.5 Å². The van der Waals surface area contributed by atoms with Crippen LogP contribution >= 0.6 is 0 Å². The predicted octanol–water partition coefficient (Wildman–Crippen LogP) is 2.66. The zero-order chi connectivity index (χ0) is 25.9. The van der Waals surface area contributed by atoms with Crippen molar-refractivity contribution in [3.63, 3.8) is 0 Å². The number of ketones is 1. The number of aryl methyl sites for hydroxylation is 2. The molecule has 2 aromatic rings. The number of hydrogen-bond acceptors (Lipinski definition) is 6. The third kappa shape index (κ3) is 9.34. The normalized spacial score (nSPS) is 22.0. The van der Waals surface area contributed by atoms with Gasteiger partial charge in [0, 0.05) is 12.6 Å². The summed E-state index contributed by atoms with van der Waals surface area (Å²) in [5.41, 5.74) is 2.26. The smallest absolute Gasteiger partial charge is 0.239 e. The van der Waals surface area contributed by atoms with Crippen LogP contribution in [0.3, 0.4) is 0 Å². The first-order valence-electron chi connectivity index (χ1n) is 12.6. The summed E-state index contributed by atoms with van der Waals surface area (Å²) in [5, 5.41) is 17.4. The van der Waals surface area contributed by atoms with Gasteiger partial charge in [-0.05, 0) is 69.2 Å². The average molecular weight is 496 g/mol. The molecule has 36 heavy (non-hydrogen) atoms. The molecule has 0 aromatic heterocycles. The fraction of sp³-hybridized carbons (Fsp3) is 0.464. The van der Waals surface area contributed by atoms with Crippen LogP contribution in [0.15, 0.2) is 48.5 Å². The number of rotatable bonds is 1. The standard InChI is InChI=1S/C21H29N3O4.C7H8O/c1-14-6-7-15-4-2-3-5-18(15)28-11-10-22-21(16-8-9-16)17(25)12-19(26)23-13-20(27)24-14;1-6-2-4-7(8)5-3-6/h2-5,14,16,21-22H,6-13H2,1H3,(H,23,26)(H,24,27);2-5,8H,1H3. The van der Waals surface area contributed by atoms with Gasteiger partial charge in [-0.3, -0.25) is 14.4 Å². The molecule has 2 aromatic carbocycles. The van der Waals surface area contributed by atoms with E-state index in [9.17, 15) is 14.4 Å². The van der Waals surface area contributed by atoms with Crippen LogP contribution in [0.2, 0.25) is 0 Å². The number of Topliss-reactive ketones (excluding diaryl/α,β-unsaturated/α-hetero) is 1. The van der Waals surface area contributed by atoms with Crippen molar-refractivity contribution in [2.24, 2.45) is 5.92 Å². The Labute approximate surface area is 212 Å². The molecule has 0 radical (unpaired) electrons. The third-order valence-electron chi connectivity index (χ3n) is 6.21. The second-order valence-corrected chi connectivity index (χ2v) is 9.49. The molecule has 2 atom stereocenters. The van der Waals surface area contributed by atoms with Crippen LogP contribution in [0.25, 0.3) is 0 Å². The number of benzene rings is 2. The maximum Gasteiger partial charge on any atom is 0.239 e. The van der Waals surface area contributed by atoms with E-state index in [2.05, 4.69) is 16.0 Å². The lowest BCUT2D eigenvalue weighted by atomic mass is 10.0. The molecule has 194 valence electrons. The molecule has 1 fully saturated rings. The van der Waals surface area contributed by atoms with Crippen LogP contribution in [0, 0.1) is 12.8 Å². The van der Waals surface area contributed by atoms with Crippen LogP contribution < -0.4 is 20.7 Å². The first-order chi connectivity index (χ1) is 17.3. The largest absolute Gasteiger partial charge is 0.508 e. The molecule has 0 bridgehead atoms. The van der Waals surface area contributed by atoms with Gasteiger partial charge in [-0.15, -0.1) is 0 Å². The van der Waals surface area contributed by atoms with Gasteiger partial charge < -0.3 is 25.8 Å². The zero-order valence-electron chi connectivity index (χ0n) is 21.1. The molecule has 1 heterocycles. The predicted molar refractivity (Wildman–Crippen MR) is 138 cm³/mol. The van der Waals surface area contributed by atoms with Crippen molar-refractivity contribution in [1.29, 1.82) is 0 Å².